The molecule has 15 nitrogen and oxygen atoms in total. The molecule has 2 saturated carbocycles. The summed E-state index contributed by atoms with van der Waals surface area (Å²) in [6, 6.07) is 2.26. The first-order valence-electron chi connectivity index (χ1n) is 20.0. The fraction of sp³-hybridized carbons (Fsp3) is 0.625. The van der Waals surface area contributed by atoms with Crippen LogP contribution < -0.4 is 29.6 Å². The van der Waals surface area contributed by atoms with Crippen molar-refractivity contribution in [2.75, 3.05) is 26.4 Å². The van der Waals surface area contributed by atoms with Gasteiger partial charge in [-0.05, 0) is 82.4 Å². The van der Waals surface area contributed by atoms with Crippen LogP contribution in [-0.4, -0.2) is 109 Å². The molecule has 60 heavy (non-hydrogen) atoms. The number of amides is 4. The average Bonchev–Trinajstić information content (AvgIpc) is 4.09. The molecule has 2 aliphatic carbocycles. The number of carbonyl (C=O) groups is 4. The van der Waals surface area contributed by atoms with Crippen LogP contribution in [0.3, 0.4) is 0 Å². The zero-order valence-electron chi connectivity index (χ0n) is 33.6. The minimum Gasteiger partial charge on any atom is -0.486 e. The predicted octanol–water partition coefficient (Wildman–Crippen LogP) is 4.63. The molecular formula is C40H49F4N5O10S. The summed E-state index contributed by atoms with van der Waals surface area (Å²) in [5.41, 5.74) is -4.69. The van der Waals surface area contributed by atoms with Crippen molar-refractivity contribution >= 4 is 44.6 Å². The van der Waals surface area contributed by atoms with E-state index in [1.165, 1.54) is 6.20 Å². The van der Waals surface area contributed by atoms with Crippen LogP contribution in [0.4, 0.5) is 22.4 Å². The van der Waals surface area contributed by atoms with Crippen molar-refractivity contribution in [1.82, 2.24) is 25.2 Å². The Bertz CT molecular complexity index is 2180. The van der Waals surface area contributed by atoms with Crippen molar-refractivity contribution in [2.24, 2.45) is 17.8 Å². The van der Waals surface area contributed by atoms with Gasteiger partial charge in [0.2, 0.25) is 33.3 Å². The monoisotopic (exact) mass is 867 g/mol. The Morgan fingerprint density at radius 3 is 2.50 bits per heavy atom. The van der Waals surface area contributed by atoms with Gasteiger partial charge < -0.3 is 34.5 Å². The number of alkyl halides is 4. The molecule has 0 radical (unpaired) electrons. The Morgan fingerprint density at radius 1 is 1.07 bits per heavy atom. The Hall–Kier alpha value is -4.88. The Morgan fingerprint density at radius 2 is 1.80 bits per heavy atom. The molecule has 328 valence electrons. The largest absolute Gasteiger partial charge is 0.486 e. The van der Waals surface area contributed by atoms with Gasteiger partial charge in [0.25, 0.3) is 5.91 Å². The quantitative estimate of drug-likeness (QED) is 0.248. The average molecular weight is 868 g/mol. The number of sulfonamides is 1. The van der Waals surface area contributed by atoms with Crippen molar-refractivity contribution in [1.29, 1.82) is 0 Å². The normalized spacial score (nSPS) is 29.8. The number of pyridine rings is 1. The number of hydrogen-bond acceptors (Lipinski definition) is 11. The molecule has 0 unspecified atom stereocenters. The SMILES string of the molecule is C[C@H]1CC/C=C\[C@@H]2C[C@@]2(C(=O)NS(=O)(=O)C2(CF)CC2)NC(=O)[C@@H]2C[C@@H](Oc3nccc4c5c(ccc34)OCCO5)CN2C(=O)[C@@H](NC(=O)OC(C)(C)C(F)(F)F)[C@H](C)C1. The summed E-state index contributed by atoms with van der Waals surface area (Å²) in [5, 5.41) is 6.24. The summed E-state index contributed by atoms with van der Waals surface area (Å²) < 4.78 is 105. The second-order valence-electron chi connectivity index (χ2n) is 17.1. The minimum atomic E-state index is -4.94. The van der Waals surface area contributed by atoms with Gasteiger partial charge in [0.05, 0.1) is 6.54 Å². The lowest BCUT2D eigenvalue weighted by Gasteiger charge is -2.34. The fourth-order valence-corrected chi connectivity index (χ4v) is 9.61. The molecule has 1 aromatic heterocycles. The van der Waals surface area contributed by atoms with Gasteiger partial charge in [-0.3, -0.25) is 19.1 Å². The molecule has 7 atom stereocenters. The van der Waals surface area contributed by atoms with E-state index < -0.39 is 92.6 Å². The summed E-state index contributed by atoms with van der Waals surface area (Å²) in [6.45, 7) is 4.13. The van der Waals surface area contributed by atoms with Crippen LogP contribution in [0.15, 0.2) is 36.5 Å². The molecule has 0 spiro atoms. The van der Waals surface area contributed by atoms with Crippen molar-refractivity contribution in [3.63, 3.8) is 0 Å². The molecule has 5 aliphatic rings. The predicted molar refractivity (Wildman–Crippen MR) is 206 cm³/mol. The Kier molecular flexibility index (Phi) is 11.4. The maximum Gasteiger partial charge on any atom is 0.427 e. The van der Waals surface area contributed by atoms with E-state index in [9.17, 15) is 45.2 Å². The number of benzene rings is 1. The summed E-state index contributed by atoms with van der Waals surface area (Å²) >= 11 is 0. The summed E-state index contributed by atoms with van der Waals surface area (Å²) in [4.78, 5) is 62.0. The zero-order valence-corrected chi connectivity index (χ0v) is 34.4. The highest BCUT2D eigenvalue weighted by Crippen LogP contribution is 2.48. The molecule has 2 aromatic rings. The molecule has 1 saturated heterocycles. The van der Waals surface area contributed by atoms with Crippen molar-refractivity contribution < 1.29 is 64.1 Å². The van der Waals surface area contributed by atoms with Gasteiger partial charge >= 0.3 is 12.3 Å². The lowest BCUT2D eigenvalue weighted by Crippen LogP contribution is -2.60. The highest BCUT2D eigenvalue weighted by Gasteiger charge is 2.64. The smallest absolute Gasteiger partial charge is 0.427 e. The summed E-state index contributed by atoms with van der Waals surface area (Å²) in [7, 11) is -4.47. The lowest BCUT2D eigenvalue weighted by molar-refractivity contribution is -0.244. The number of hydrogen-bond donors (Lipinski definition) is 3. The summed E-state index contributed by atoms with van der Waals surface area (Å²) in [5.74, 6) is -3.00. The van der Waals surface area contributed by atoms with Gasteiger partial charge in [-0.15, -0.1) is 0 Å². The fourth-order valence-electron chi connectivity index (χ4n) is 8.19. The summed E-state index contributed by atoms with van der Waals surface area (Å²) in [6.07, 6.45) is -1.08. The number of nitrogens with zero attached hydrogens (tertiary/aromatic N) is 2. The van der Waals surface area contributed by atoms with Crippen LogP contribution in [0.1, 0.15) is 72.6 Å². The van der Waals surface area contributed by atoms with Gasteiger partial charge in [0.15, 0.2) is 11.5 Å². The van der Waals surface area contributed by atoms with Gasteiger partial charge in [-0.1, -0.05) is 26.0 Å². The molecule has 4 amide bonds. The van der Waals surface area contributed by atoms with Crippen LogP contribution in [0.2, 0.25) is 0 Å². The molecule has 1 aromatic carbocycles. The van der Waals surface area contributed by atoms with Crippen molar-refractivity contribution in [3.8, 4) is 17.4 Å². The molecule has 4 heterocycles. The number of rotatable bonds is 8. The molecule has 0 bridgehead atoms. The van der Waals surface area contributed by atoms with Crippen molar-refractivity contribution in [3.05, 3.63) is 36.5 Å². The molecule has 3 fully saturated rings. The maximum absolute atomic E-state index is 14.8. The highest BCUT2D eigenvalue weighted by molar-refractivity contribution is 7.91. The zero-order chi connectivity index (χ0) is 43.4. The van der Waals surface area contributed by atoms with Crippen LogP contribution in [0.5, 0.6) is 17.4 Å². The van der Waals surface area contributed by atoms with Crippen LogP contribution in [0, 0.1) is 17.8 Å². The number of ether oxygens (including phenoxy) is 4. The molecule has 3 aliphatic heterocycles. The standard InChI is InChI=1S/C40H49F4N5O10S/c1-22-7-5-6-8-24-19-39(24,35(52)48-60(54,55)38(21-41)12-13-38)47-32(50)28-18-25(58-33-27-9-10-29-31(57-16-15-56-29)26(27)11-14-45-33)20-49(28)34(51)30(23(2)17-22)46-36(53)59-37(3,4)40(42,43)44/h6,8-11,14,22-25,28,30H,5,7,12-13,15-21H2,1-4H3,(H,46,53)(H,47,50)(H,48,52)/b8-6-/t22-,23+,24+,25+,28-,30-,39+/m0/s1. The highest BCUT2D eigenvalue weighted by atomic mass is 32.2. The maximum atomic E-state index is 14.8. The van der Waals surface area contributed by atoms with Crippen LogP contribution >= 0.6 is 0 Å². The van der Waals surface area contributed by atoms with Crippen LogP contribution in [-0.2, 0) is 29.1 Å². The third-order valence-electron chi connectivity index (χ3n) is 12.3. The first-order chi connectivity index (χ1) is 28.2. The second-order valence-corrected chi connectivity index (χ2v) is 19.2. The van der Waals surface area contributed by atoms with Gasteiger partial charge in [-0.25, -0.2) is 22.6 Å². The van der Waals surface area contributed by atoms with E-state index in [4.69, 9.17) is 18.9 Å². The number of fused-ring (bicyclic) bond motifs is 5. The van der Waals surface area contributed by atoms with E-state index in [1.807, 2.05) is 11.6 Å². The van der Waals surface area contributed by atoms with E-state index in [0.717, 1.165) is 4.90 Å². The molecule has 20 heteroatoms. The van der Waals surface area contributed by atoms with E-state index in [0.29, 0.717) is 68.6 Å². The number of halogens is 4. The van der Waals surface area contributed by atoms with Crippen molar-refractivity contribution in [2.45, 2.75) is 113 Å². The molecule has 7 rings (SSSR count). The Balaban J connectivity index is 1.23. The van der Waals surface area contributed by atoms with Crippen LogP contribution in [0.25, 0.3) is 10.8 Å². The van der Waals surface area contributed by atoms with Gasteiger partial charge in [-0.2, -0.15) is 13.2 Å². The number of aromatic nitrogens is 1. The first-order valence-corrected chi connectivity index (χ1v) is 21.5. The van der Waals surface area contributed by atoms with E-state index >= 15 is 0 Å². The Labute approximate surface area is 344 Å². The van der Waals surface area contributed by atoms with Gasteiger partial charge in [0.1, 0.15) is 48.4 Å². The molecule has 3 N–H and O–H groups in total. The third-order valence-corrected chi connectivity index (χ3v) is 14.4. The van der Waals surface area contributed by atoms with E-state index in [1.54, 1.807) is 37.3 Å². The number of allylic oxidation sites excluding steroid dienone is 1. The number of alkyl carbamates (subject to hydrolysis) is 1. The first kappa shape index (κ1) is 43.2. The number of carbonyl (C=O) groups excluding carboxylic acids is 4. The van der Waals surface area contributed by atoms with E-state index in [-0.39, 0.29) is 44.0 Å². The molecular weight excluding hydrogens is 819 g/mol. The van der Waals surface area contributed by atoms with E-state index in [2.05, 4.69) is 15.6 Å². The number of nitrogens with one attached hydrogen (secondary N) is 3. The van der Waals surface area contributed by atoms with Gasteiger partial charge in [0, 0.05) is 29.3 Å². The lowest BCUT2D eigenvalue weighted by atomic mass is 9.88. The topological polar surface area (TPSA) is 192 Å². The second kappa shape index (κ2) is 15.9. The third kappa shape index (κ3) is 8.27. The minimum absolute atomic E-state index is 0.00739.